The molecule has 2 rings (SSSR count). The molecule has 1 heterocycles. The number of hydrogen-bond acceptors (Lipinski definition) is 5. The number of non-ortho nitro benzene ring substituents is 1. The van der Waals surface area contributed by atoms with E-state index in [4.69, 9.17) is 0 Å². The zero-order valence-corrected chi connectivity index (χ0v) is 16.4. The highest BCUT2D eigenvalue weighted by Gasteiger charge is 2.24. The van der Waals surface area contributed by atoms with E-state index in [0.29, 0.717) is 11.6 Å². The number of nitro groups is 1. The van der Waals surface area contributed by atoms with E-state index in [0.717, 1.165) is 25.9 Å². The summed E-state index contributed by atoms with van der Waals surface area (Å²) in [5.74, 6) is -0.177. The first-order valence-electron chi connectivity index (χ1n) is 9.19. The maximum atomic E-state index is 12.7. The average molecular weight is 376 g/mol. The van der Waals surface area contributed by atoms with Crippen LogP contribution in [0.1, 0.15) is 50.9 Å². The van der Waals surface area contributed by atoms with Gasteiger partial charge in [-0.25, -0.2) is 0 Å². The maximum absolute atomic E-state index is 12.7. The summed E-state index contributed by atoms with van der Waals surface area (Å²) < 4.78 is 0. The fourth-order valence-electron chi connectivity index (χ4n) is 3.06. The van der Waals surface area contributed by atoms with E-state index in [9.17, 15) is 19.7 Å². The van der Waals surface area contributed by atoms with E-state index in [1.807, 2.05) is 20.8 Å². The van der Waals surface area contributed by atoms with Gasteiger partial charge < -0.3 is 15.5 Å². The standard InChI is InChI=1S/C19H28N4O4/c1-13-7-9-22(10-8-13)16-6-5-14(23(26)27)11-15(16)18(25)20-12-17(24)21-19(2,3)4/h5-6,11,13H,7-10,12H2,1-4H3,(H,20,25)(H,21,24). The normalized spacial score (nSPS) is 15.3. The molecule has 1 aliphatic rings. The first-order chi connectivity index (χ1) is 12.6. The smallest absolute Gasteiger partial charge is 0.270 e. The molecule has 0 unspecified atom stereocenters. The Balaban J connectivity index is 2.18. The number of carbonyl (C=O) groups is 2. The minimum absolute atomic E-state index is 0.145. The quantitative estimate of drug-likeness (QED) is 0.607. The van der Waals surface area contributed by atoms with Gasteiger partial charge in [0, 0.05) is 30.8 Å². The molecule has 8 heteroatoms. The van der Waals surface area contributed by atoms with E-state index in [2.05, 4.69) is 22.5 Å². The maximum Gasteiger partial charge on any atom is 0.270 e. The molecular formula is C19H28N4O4. The molecule has 0 saturated carbocycles. The second-order valence-corrected chi connectivity index (χ2v) is 8.11. The molecular weight excluding hydrogens is 348 g/mol. The van der Waals surface area contributed by atoms with Crippen molar-refractivity contribution in [1.29, 1.82) is 0 Å². The van der Waals surface area contributed by atoms with Crippen LogP contribution in [0.5, 0.6) is 0 Å². The number of benzene rings is 1. The second-order valence-electron chi connectivity index (χ2n) is 8.11. The van der Waals surface area contributed by atoms with Crippen molar-refractivity contribution in [2.45, 2.75) is 46.1 Å². The van der Waals surface area contributed by atoms with Crippen LogP contribution >= 0.6 is 0 Å². The van der Waals surface area contributed by atoms with Crippen LogP contribution in [0.3, 0.4) is 0 Å². The first kappa shape index (κ1) is 20.7. The molecule has 0 bridgehead atoms. The predicted molar refractivity (Wildman–Crippen MR) is 104 cm³/mol. The molecule has 2 amide bonds. The van der Waals surface area contributed by atoms with E-state index in [1.54, 1.807) is 6.07 Å². The molecule has 0 spiro atoms. The summed E-state index contributed by atoms with van der Waals surface area (Å²) in [5.41, 5.74) is 0.347. The number of piperidine rings is 1. The zero-order chi connectivity index (χ0) is 20.2. The lowest BCUT2D eigenvalue weighted by Crippen LogP contribution is -2.46. The summed E-state index contributed by atoms with van der Waals surface area (Å²) in [6.45, 7) is 9.14. The number of hydrogen-bond donors (Lipinski definition) is 2. The minimum Gasteiger partial charge on any atom is -0.371 e. The Hall–Kier alpha value is -2.64. The Morgan fingerprint density at radius 2 is 1.89 bits per heavy atom. The highest BCUT2D eigenvalue weighted by atomic mass is 16.6. The number of amides is 2. The highest BCUT2D eigenvalue weighted by molar-refractivity contribution is 6.02. The Morgan fingerprint density at radius 3 is 2.44 bits per heavy atom. The van der Waals surface area contributed by atoms with Gasteiger partial charge in [0.05, 0.1) is 22.7 Å². The van der Waals surface area contributed by atoms with Crippen LogP contribution in [0, 0.1) is 16.0 Å². The average Bonchev–Trinajstić information content (AvgIpc) is 2.58. The van der Waals surface area contributed by atoms with E-state index < -0.39 is 16.4 Å². The van der Waals surface area contributed by atoms with Gasteiger partial charge in [0.25, 0.3) is 11.6 Å². The summed E-state index contributed by atoms with van der Waals surface area (Å²) >= 11 is 0. The van der Waals surface area contributed by atoms with Gasteiger partial charge in [-0.3, -0.25) is 19.7 Å². The largest absolute Gasteiger partial charge is 0.371 e. The van der Waals surface area contributed by atoms with Crippen LogP contribution in [-0.2, 0) is 4.79 Å². The Bertz CT molecular complexity index is 719. The number of anilines is 1. The van der Waals surface area contributed by atoms with Crippen molar-refractivity contribution < 1.29 is 14.5 Å². The SMILES string of the molecule is CC1CCN(c2ccc([N+](=O)[O-])cc2C(=O)NCC(=O)NC(C)(C)C)CC1. The van der Waals surface area contributed by atoms with Crippen molar-refractivity contribution in [1.82, 2.24) is 10.6 Å². The summed E-state index contributed by atoms with van der Waals surface area (Å²) in [6.07, 6.45) is 2.01. The van der Waals surface area contributed by atoms with E-state index in [-0.39, 0.29) is 23.7 Å². The Labute approximate surface area is 159 Å². The van der Waals surface area contributed by atoms with Crippen molar-refractivity contribution >= 4 is 23.2 Å². The van der Waals surface area contributed by atoms with Gasteiger partial charge >= 0.3 is 0 Å². The third-order valence-electron chi connectivity index (χ3n) is 4.48. The molecule has 8 nitrogen and oxygen atoms in total. The van der Waals surface area contributed by atoms with Crippen molar-refractivity contribution in [2.75, 3.05) is 24.5 Å². The summed E-state index contributed by atoms with van der Waals surface area (Å²) in [5, 5.41) is 16.5. The topological polar surface area (TPSA) is 105 Å². The van der Waals surface area contributed by atoms with Gasteiger partial charge in [0.15, 0.2) is 0 Å². The third-order valence-corrected chi connectivity index (χ3v) is 4.48. The second kappa shape index (κ2) is 8.37. The number of rotatable bonds is 5. The molecule has 0 atom stereocenters. The van der Waals surface area contributed by atoms with Crippen molar-refractivity contribution in [3.05, 3.63) is 33.9 Å². The summed E-state index contributed by atoms with van der Waals surface area (Å²) in [6, 6.07) is 4.32. The fraction of sp³-hybridized carbons (Fsp3) is 0.579. The molecule has 2 N–H and O–H groups in total. The number of nitro benzene ring substituents is 1. The highest BCUT2D eigenvalue weighted by Crippen LogP contribution is 2.29. The summed E-state index contributed by atoms with van der Waals surface area (Å²) in [4.78, 5) is 37.3. The van der Waals surface area contributed by atoms with Crippen molar-refractivity contribution in [3.63, 3.8) is 0 Å². The van der Waals surface area contributed by atoms with Crippen molar-refractivity contribution in [2.24, 2.45) is 5.92 Å². The monoisotopic (exact) mass is 376 g/mol. The summed E-state index contributed by atoms with van der Waals surface area (Å²) in [7, 11) is 0. The van der Waals surface area contributed by atoms with Crippen LogP contribution in [0.25, 0.3) is 0 Å². The molecule has 0 aromatic heterocycles. The van der Waals surface area contributed by atoms with Crippen LogP contribution in [0.4, 0.5) is 11.4 Å². The lowest BCUT2D eigenvalue weighted by Gasteiger charge is -2.33. The van der Waals surface area contributed by atoms with Gasteiger partial charge in [-0.05, 0) is 45.6 Å². The predicted octanol–water partition coefficient (Wildman–Crippen LogP) is 2.48. The minimum atomic E-state index is -0.523. The third kappa shape index (κ3) is 5.94. The molecule has 148 valence electrons. The molecule has 1 aliphatic heterocycles. The van der Waals surface area contributed by atoms with Gasteiger partial charge in [0.2, 0.25) is 5.91 Å². The van der Waals surface area contributed by atoms with Gasteiger partial charge in [-0.15, -0.1) is 0 Å². The first-order valence-corrected chi connectivity index (χ1v) is 9.19. The molecule has 0 aliphatic carbocycles. The van der Waals surface area contributed by atoms with Gasteiger partial charge in [-0.2, -0.15) is 0 Å². The Morgan fingerprint density at radius 1 is 1.26 bits per heavy atom. The Kier molecular flexibility index (Phi) is 6.41. The van der Waals surface area contributed by atoms with Gasteiger partial charge in [-0.1, -0.05) is 6.92 Å². The molecule has 1 saturated heterocycles. The van der Waals surface area contributed by atoms with Crippen LogP contribution in [0.15, 0.2) is 18.2 Å². The number of carbonyl (C=O) groups excluding carboxylic acids is 2. The zero-order valence-electron chi connectivity index (χ0n) is 16.4. The van der Waals surface area contributed by atoms with Crippen LogP contribution < -0.4 is 15.5 Å². The van der Waals surface area contributed by atoms with E-state index >= 15 is 0 Å². The number of nitrogens with zero attached hydrogens (tertiary/aromatic N) is 2. The fourth-order valence-corrected chi connectivity index (χ4v) is 3.06. The molecule has 1 aromatic carbocycles. The molecule has 1 fully saturated rings. The van der Waals surface area contributed by atoms with E-state index in [1.165, 1.54) is 12.1 Å². The van der Waals surface area contributed by atoms with Crippen molar-refractivity contribution in [3.8, 4) is 0 Å². The van der Waals surface area contributed by atoms with Crippen LogP contribution in [0.2, 0.25) is 0 Å². The molecule has 27 heavy (non-hydrogen) atoms. The van der Waals surface area contributed by atoms with Gasteiger partial charge in [0.1, 0.15) is 0 Å². The molecule has 1 aromatic rings. The lowest BCUT2D eigenvalue weighted by atomic mass is 9.98. The number of nitrogens with one attached hydrogen (secondary N) is 2. The van der Waals surface area contributed by atoms with Crippen LogP contribution in [-0.4, -0.2) is 41.9 Å². The lowest BCUT2D eigenvalue weighted by molar-refractivity contribution is -0.384. The molecule has 0 radical (unpaired) electrons.